The van der Waals surface area contributed by atoms with E-state index in [9.17, 15) is 5.11 Å². The molecule has 0 saturated carbocycles. The number of aliphatic hydroxyl groups is 1. The second kappa shape index (κ2) is 6.14. The molecule has 0 fully saturated rings. The Morgan fingerprint density at radius 1 is 1.38 bits per heavy atom. The van der Waals surface area contributed by atoms with Crippen LogP contribution in [0.5, 0.6) is 0 Å². The van der Waals surface area contributed by atoms with Gasteiger partial charge in [-0.1, -0.05) is 19.1 Å². The maximum absolute atomic E-state index is 9.64. The van der Waals surface area contributed by atoms with Gasteiger partial charge in [-0.15, -0.1) is 0 Å². The molecule has 1 aromatic rings. The van der Waals surface area contributed by atoms with E-state index < -0.39 is 0 Å². The van der Waals surface area contributed by atoms with E-state index in [1.165, 1.54) is 0 Å². The molecule has 0 unspecified atom stereocenters. The van der Waals surface area contributed by atoms with E-state index >= 15 is 0 Å². The molecule has 0 saturated heterocycles. The van der Waals surface area contributed by atoms with Crippen molar-refractivity contribution in [3.05, 3.63) is 29.8 Å². The Labute approximate surface area is 96.9 Å². The molecule has 0 heterocycles. The van der Waals surface area contributed by atoms with E-state index in [1.54, 1.807) is 0 Å². The van der Waals surface area contributed by atoms with E-state index in [0.717, 1.165) is 24.2 Å². The molecule has 3 heteroatoms. The molecule has 0 radical (unpaired) electrons. The van der Waals surface area contributed by atoms with Crippen molar-refractivity contribution in [2.24, 2.45) is 0 Å². The Morgan fingerprint density at radius 2 is 2.00 bits per heavy atom. The van der Waals surface area contributed by atoms with Crippen molar-refractivity contribution in [2.75, 3.05) is 18.5 Å². The van der Waals surface area contributed by atoms with Crippen LogP contribution in [-0.2, 0) is 0 Å². The molecule has 1 aromatic carbocycles. The van der Waals surface area contributed by atoms with Crippen molar-refractivity contribution in [3.8, 4) is 6.07 Å². The highest BCUT2D eigenvalue weighted by Crippen LogP contribution is 2.20. The number of hydrogen-bond donors (Lipinski definition) is 1. The fraction of sp³-hybridized carbons (Fsp3) is 0.462. The maximum Gasteiger partial charge on any atom is 0.0787 e. The lowest BCUT2D eigenvalue weighted by Gasteiger charge is -2.18. The minimum absolute atomic E-state index is 0.376. The number of nitriles is 1. The van der Waals surface area contributed by atoms with Crippen molar-refractivity contribution in [3.63, 3.8) is 0 Å². The van der Waals surface area contributed by atoms with Crippen LogP contribution < -0.4 is 4.90 Å². The summed E-state index contributed by atoms with van der Waals surface area (Å²) in [6, 6.07) is 9.95. The molecule has 16 heavy (non-hydrogen) atoms. The average molecular weight is 218 g/mol. The van der Waals surface area contributed by atoms with E-state index in [4.69, 9.17) is 5.26 Å². The lowest BCUT2D eigenvalue weighted by molar-refractivity contribution is 0.173. The number of rotatable bonds is 5. The third-order valence-electron chi connectivity index (χ3n) is 2.66. The molecule has 0 bridgehead atoms. The second-order valence-corrected chi connectivity index (χ2v) is 3.85. The fourth-order valence-electron chi connectivity index (χ4n) is 1.53. The predicted molar refractivity (Wildman–Crippen MR) is 65.2 cm³/mol. The van der Waals surface area contributed by atoms with Crippen LogP contribution >= 0.6 is 0 Å². The lowest BCUT2D eigenvalue weighted by Crippen LogP contribution is -2.17. The van der Waals surface area contributed by atoms with Crippen LogP contribution in [0.25, 0.3) is 0 Å². The maximum atomic E-state index is 9.64. The van der Waals surface area contributed by atoms with Gasteiger partial charge in [-0.2, -0.15) is 5.26 Å². The van der Waals surface area contributed by atoms with E-state index in [2.05, 4.69) is 6.07 Å². The molecule has 0 aliphatic heterocycles. The third-order valence-corrected chi connectivity index (χ3v) is 2.66. The third kappa shape index (κ3) is 3.25. The van der Waals surface area contributed by atoms with Gasteiger partial charge in [0.05, 0.1) is 18.6 Å². The zero-order valence-electron chi connectivity index (χ0n) is 9.85. The van der Waals surface area contributed by atoms with Crippen LogP contribution in [0.15, 0.2) is 24.3 Å². The molecule has 1 N–H and O–H groups in total. The molecular formula is C13H18N2O. The number of anilines is 1. The van der Waals surface area contributed by atoms with Crippen molar-refractivity contribution >= 4 is 5.69 Å². The zero-order chi connectivity index (χ0) is 12.0. The molecular weight excluding hydrogens is 200 g/mol. The van der Waals surface area contributed by atoms with Gasteiger partial charge in [0.25, 0.3) is 0 Å². The number of aliphatic hydroxyl groups excluding tert-OH is 1. The molecule has 0 spiro atoms. The SMILES string of the molecule is CC[C@H](O)c1ccc(N(C)CCC#N)cc1. The summed E-state index contributed by atoms with van der Waals surface area (Å²) in [6.45, 7) is 2.68. The summed E-state index contributed by atoms with van der Waals surface area (Å²) in [4.78, 5) is 2.03. The van der Waals surface area contributed by atoms with Gasteiger partial charge in [-0.25, -0.2) is 0 Å². The number of hydrogen-bond acceptors (Lipinski definition) is 3. The van der Waals surface area contributed by atoms with Gasteiger partial charge in [0.2, 0.25) is 0 Å². The fourth-order valence-corrected chi connectivity index (χ4v) is 1.53. The zero-order valence-corrected chi connectivity index (χ0v) is 9.85. The highest BCUT2D eigenvalue weighted by molar-refractivity contribution is 5.47. The van der Waals surface area contributed by atoms with Crippen LogP contribution in [0.4, 0.5) is 5.69 Å². The summed E-state index contributed by atoms with van der Waals surface area (Å²) in [5.74, 6) is 0. The topological polar surface area (TPSA) is 47.3 Å². The van der Waals surface area contributed by atoms with Crippen LogP contribution in [0.1, 0.15) is 31.4 Å². The molecule has 0 amide bonds. The Morgan fingerprint density at radius 3 is 2.50 bits per heavy atom. The van der Waals surface area contributed by atoms with Crippen LogP contribution in [0.2, 0.25) is 0 Å². The van der Waals surface area contributed by atoms with Gasteiger partial charge < -0.3 is 10.0 Å². The van der Waals surface area contributed by atoms with Gasteiger partial charge in [0.1, 0.15) is 0 Å². The van der Waals surface area contributed by atoms with Gasteiger partial charge in [-0.3, -0.25) is 0 Å². The van der Waals surface area contributed by atoms with Crippen molar-refractivity contribution in [2.45, 2.75) is 25.9 Å². The smallest absolute Gasteiger partial charge is 0.0787 e. The monoisotopic (exact) mass is 218 g/mol. The largest absolute Gasteiger partial charge is 0.388 e. The van der Waals surface area contributed by atoms with Crippen molar-refractivity contribution < 1.29 is 5.11 Å². The Bertz CT molecular complexity index is 353. The van der Waals surface area contributed by atoms with E-state index in [0.29, 0.717) is 6.42 Å². The minimum Gasteiger partial charge on any atom is -0.388 e. The molecule has 86 valence electrons. The predicted octanol–water partition coefficient (Wildman–Crippen LogP) is 2.48. The summed E-state index contributed by atoms with van der Waals surface area (Å²) < 4.78 is 0. The summed E-state index contributed by atoms with van der Waals surface area (Å²) in [5, 5.41) is 18.1. The Balaban J connectivity index is 2.67. The van der Waals surface area contributed by atoms with Crippen molar-refractivity contribution in [1.82, 2.24) is 0 Å². The van der Waals surface area contributed by atoms with Gasteiger partial charge in [0, 0.05) is 19.3 Å². The average Bonchev–Trinajstić information content (AvgIpc) is 2.35. The molecule has 0 aromatic heterocycles. The molecule has 1 rings (SSSR count). The first-order chi connectivity index (χ1) is 7.69. The Hall–Kier alpha value is -1.53. The van der Waals surface area contributed by atoms with Crippen molar-refractivity contribution in [1.29, 1.82) is 5.26 Å². The quantitative estimate of drug-likeness (QED) is 0.826. The molecule has 0 aliphatic rings. The summed E-state index contributed by atoms with van der Waals surface area (Å²) in [7, 11) is 1.96. The summed E-state index contributed by atoms with van der Waals surface area (Å²) >= 11 is 0. The first kappa shape index (κ1) is 12.5. The molecule has 0 aliphatic carbocycles. The second-order valence-electron chi connectivity index (χ2n) is 3.85. The summed E-state index contributed by atoms with van der Waals surface area (Å²) in [6.07, 6.45) is 0.873. The molecule has 3 nitrogen and oxygen atoms in total. The minimum atomic E-state index is -0.376. The highest BCUT2D eigenvalue weighted by atomic mass is 16.3. The van der Waals surface area contributed by atoms with Crippen LogP contribution in [-0.4, -0.2) is 18.7 Å². The highest BCUT2D eigenvalue weighted by Gasteiger charge is 2.05. The van der Waals surface area contributed by atoms with Gasteiger partial charge >= 0.3 is 0 Å². The first-order valence-corrected chi connectivity index (χ1v) is 5.55. The van der Waals surface area contributed by atoms with Crippen LogP contribution in [0, 0.1) is 11.3 Å². The van der Waals surface area contributed by atoms with E-state index in [-0.39, 0.29) is 6.10 Å². The number of benzene rings is 1. The Kier molecular flexibility index (Phi) is 4.81. The first-order valence-electron chi connectivity index (χ1n) is 5.55. The lowest BCUT2D eigenvalue weighted by atomic mass is 10.1. The normalized spacial score (nSPS) is 11.9. The summed E-state index contributed by atoms with van der Waals surface area (Å²) in [5.41, 5.74) is 2.02. The van der Waals surface area contributed by atoms with Gasteiger partial charge in [0.15, 0.2) is 0 Å². The standard InChI is InChI=1S/C13H18N2O/c1-3-13(16)11-5-7-12(8-6-11)15(2)10-4-9-14/h5-8,13,16H,3-4,10H2,1-2H3/t13-/m0/s1. The van der Waals surface area contributed by atoms with Crippen LogP contribution in [0.3, 0.4) is 0 Å². The van der Waals surface area contributed by atoms with E-state index in [1.807, 2.05) is 43.1 Å². The van der Waals surface area contributed by atoms with Gasteiger partial charge in [-0.05, 0) is 24.1 Å². The number of nitrogens with zero attached hydrogens (tertiary/aromatic N) is 2. The molecule has 1 atom stereocenters.